The predicted molar refractivity (Wildman–Crippen MR) is 82.6 cm³/mol. The van der Waals surface area contributed by atoms with Gasteiger partial charge in [-0.3, -0.25) is 4.79 Å². The van der Waals surface area contributed by atoms with Gasteiger partial charge in [-0.25, -0.2) is 0 Å². The van der Waals surface area contributed by atoms with Gasteiger partial charge in [-0.2, -0.15) is 0 Å². The minimum Gasteiger partial charge on any atom is -0.488 e. The van der Waals surface area contributed by atoms with E-state index < -0.39 is 0 Å². The van der Waals surface area contributed by atoms with Crippen LogP contribution in [0.2, 0.25) is 0 Å². The Labute approximate surface area is 128 Å². The summed E-state index contributed by atoms with van der Waals surface area (Å²) in [6.07, 6.45) is 1.45. The molecule has 0 unspecified atom stereocenters. The molecular formula is C14H16ClNO3S. The molecule has 0 saturated heterocycles. The molecule has 0 radical (unpaired) electrons. The van der Waals surface area contributed by atoms with Crippen molar-refractivity contribution in [3.8, 4) is 5.75 Å². The zero-order valence-electron chi connectivity index (χ0n) is 10.8. The lowest BCUT2D eigenvalue weighted by atomic mass is 10.2. The third-order valence-corrected chi connectivity index (χ3v) is 3.33. The Bertz CT molecular complexity index is 530. The molecule has 2 aromatic rings. The first-order chi connectivity index (χ1) is 9.31. The summed E-state index contributed by atoms with van der Waals surface area (Å²) >= 11 is 1.19. The predicted octanol–water partition coefficient (Wildman–Crippen LogP) is 3.11. The minimum absolute atomic E-state index is 0. The summed E-state index contributed by atoms with van der Waals surface area (Å²) in [6.45, 7) is 0.763. The van der Waals surface area contributed by atoms with Gasteiger partial charge in [0.15, 0.2) is 5.75 Å². The van der Waals surface area contributed by atoms with Crippen LogP contribution in [0.3, 0.4) is 0 Å². The Morgan fingerprint density at radius 3 is 2.70 bits per heavy atom. The van der Waals surface area contributed by atoms with Gasteiger partial charge in [-0.15, -0.1) is 12.4 Å². The number of carbonyl (C=O) groups is 1. The molecule has 0 atom stereocenters. The standard InChI is InChI=1S/C14H15NO3S.ClH/c15-7-9-17-12-6-8-18-13(12)14(16)19-10-11-4-2-1-3-5-11;/h1-6,8H,7,9-10,15H2;1H. The van der Waals surface area contributed by atoms with E-state index in [4.69, 9.17) is 14.9 Å². The first kappa shape index (κ1) is 16.6. The third-order valence-electron chi connectivity index (χ3n) is 2.40. The highest BCUT2D eigenvalue weighted by molar-refractivity contribution is 8.13. The van der Waals surface area contributed by atoms with Crippen molar-refractivity contribution in [1.82, 2.24) is 0 Å². The number of carbonyl (C=O) groups excluding carboxylic acids is 1. The zero-order chi connectivity index (χ0) is 13.5. The maximum atomic E-state index is 12.0. The fraction of sp³-hybridized carbons (Fsp3) is 0.214. The van der Waals surface area contributed by atoms with E-state index in [9.17, 15) is 4.79 Å². The maximum absolute atomic E-state index is 12.0. The van der Waals surface area contributed by atoms with Gasteiger partial charge in [0.2, 0.25) is 5.76 Å². The van der Waals surface area contributed by atoms with Crippen LogP contribution in [0.15, 0.2) is 47.1 Å². The highest BCUT2D eigenvalue weighted by Crippen LogP contribution is 2.26. The number of furan rings is 1. The topological polar surface area (TPSA) is 65.5 Å². The molecule has 4 nitrogen and oxygen atoms in total. The molecule has 0 spiro atoms. The largest absolute Gasteiger partial charge is 0.488 e. The Balaban J connectivity index is 0.00000200. The summed E-state index contributed by atoms with van der Waals surface area (Å²) in [5.74, 6) is 1.31. The van der Waals surface area contributed by atoms with Gasteiger partial charge in [0.1, 0.15) is 6.61 Å². The summed E-state index contributed by atoms with van der Waals surface area (Å²) in [4.78, 5) is 12.0. The summed E-state index contributed by atoms with van der Waals surface area (Å²) < 4.78 is 10.5. The van der Waals surface area contributed by atoms with Crippen LogP contribution in [0.5, 0.6) is 5.75 Å². The molecule has 2 rings (SSSR count). The fourth-order valence-corrected chi connectivity index (χ4v) is 2.29. The van der Waals surface area contributed by atoms with E-state index in [1.807, 2.05) is 30.3 Å². The Hall–Kier alpha value is -1.43. The molecule has 0 saturated carbocycles. The second-order valence-electron chi connectivity index (χ2n) is 3.81. The molecular weight excluding hydrogens is 298 g/mol. The lowest BCUT2D eigenvalue weighted by Gasteiger charge is -2.04. The first-order valence-electron chi connectivity index (χ1n) is 5.92. The summed E-state index contributed by atoms with van der Waals surface area (Å²) in [5, 5.41) is -0.138. The number of nitrogens with two attached hydrogens (primary N) is 1. The van der Waals surface area contributed by atoms with Crippen molar-refractivity contribution in [2.45, 2.75) is 5.75 Å². The maximum Gasteiger partial charge on any atom is 0.258 e. The molecule has 0 fully saturated rings. The SMILES string of the molecule is Cl.NCCOc1ccoc1C(=O)SCc1ccccc1. The van der Waals surface area contributed by atoms with E-state index in [0.29, 0.717) is 24.7 Å². The highest BCUT2D eigenvalue weighted by atomic mass is 35.5. The van der Waals surface area contributed by atoms with Gasteiger partial charge < -0.3 is 14.9 Å². The van der Waals surface area contributed by atoms with Crippen molar-refractivity contribution in [3.05, 3.63) is 54.0 Å². The first-order valence-corrected chi connectivity index (χ1v) is 6.91. The average molecular weight is 314 g/mol. The average Bonchev–Trinajstić information content (AvgIpc) is 2.92. The zero-order valence-corrected chi connectivity index (χ0v) is 12.4. The molecule has 1 aromatic carbocycles. The second kappa shape index (κ2) is 8.68. The molecule has 2 N–H and O–H groups in total. The molecule has 6 heteroatoms. The fourth-order valence-electron chi connectivity index (χ4n) is 1.52. The summed E-state index contributed by atoms with van der Waals surface area (Å²) in [5.41, 5.74) is 6.45. The number of halogens is 1. The van der Waals surface area contributed by atoms with Crippen LogP contribution in [0.25, 0.3) is 0 Å². The summed E-state index contributed by atoms with van der Waals surface area (Å²) in [6, 6.07) is 11.4. The van der Waals surface area contributed by atoms with Gasteiger partial charge in [-0.05, 0) is 5.56 Å². The lowest BCUT2D eigenvalue weighted by Crippen LogP contribution is -2.11. The van der Waals surface area contributed by atoms with E-state index in [2.05, 4.69) is 0 Å². The van der Waals surface area contributed by atoms with Gasteiger partial charge >= 0.3 is 0 Å². The van der Waals surface area contributed by atoms with Crippen LogP contribution in [0.1, 0.15) is 16.1 Å². The number of benzene rings is 1. The number of thioether (sulfide) groups is 1. The van der Waals surface area contributed by atoms with Crippen LogP contribution in [-0.4, -0.2) is 18.3 Å². The van der Waals surface area contributed by atoms with Gasteiger partial charge in [0.25, 0.3) is 5.12 Å². The van der Waals surface area contributed by atoms with Crippen LogP contribution < -0.4 is 10.5 Å². The number of hydrogen-bond acceptors (Lipinski definition) is 5. The van der Waals surface area contributed by atoms with E-state index in [1.165, 1.54) is 18.0 Å². The van der Waals surface area contributed by atoms with Crippen molar-refractivity contribution >= 4 is 29.3 Å². The van der Waals surface area contributed by atoms with Crippen LogP contribution in [-0.2, 0) is 5.75 Å². The normalized spacial score (nSPS) is 9.85. The quantitative estimate of drug-likeness (QED) is 0.887. The van der Waals surface area contributed by atoms with Crippen LogP contribution in [0, 0.1) is 0 Å². The van der Waals surface area contributed by atoms with Crippen molar-refractivity contribution in [3.63, 3.8) is 0 Å². The Morgan fingerprint density at radius 1 is 1.25 bits per heavy atom. The third kappa shape index (κ3) is 4.59. The monoisotopic (exact) mass is 313 g/mol. The molecule has 1 heterocycles. The smallest absolute Gasteiger partial charge is 0.258 e. The van der Waals surface area contributed by atoms with Crippen molar-refractivity contribution < 1.29 is 13.9 Å². The van der Waals surface area contributed by atoms with Crippen molar-refractivity contribution in [1.29, 1.82) is 0 Å². The van der Waals surface area contributed by atoms with Crippen LogP contribution >= 0.6 is 24.2 Å². The van der Waals surface area contributed by atoms with Crippen LogP contribution in [0.4, 0.5) is 0 Å². The van der Waals surface area contributed by atoms with E-state index in [-0.39, 0.29) is 23.3 Å². The molecule has 0 bridgehead atoms. The Morgan fingerprint density at radius 2 is 2.00 bits per heavy atom. The van der Waals surface area contributed by atoms with E-state index in [0.717, 1.165) is 5.56 Å². The van der Waals surface area contributed by atoms with Crippen molar-refractivity contribution in [2.75, 3.05) is 13.2 Å². The minimum atomic E-state index is -0.138. The number of rotatable bonds is 6. The lowest BCUT2D eigenvalue weighted by molar-refractivity contribution is 0.106. The molecule has 0 aliphatic heterocycles. The van der Waals surface area contributed by atoms with E-state index in [1.54, 1.807) is 6.07 Å². The molecule has 20 heavy (non-hydrogen) atoms. The molecule has 0 aliphatic rings. The second-order valence-corrected chi connectivity index (χ2v) is 4.76. The number of hydrogen-bond donors (Lipinski definition) is 1. The molecule has 0 aliphatic carbocycles. The number of ether oxygens (including phenoxy) is 1. The molecule has 0 amide bonds. The Kier molecular flexibility index (Phi) is 7.22. The molecule has 108 valence electrons. The van der Waals surface area contributed by atoms with Gasteiger partial charge in [0.05, 0.1) is 6.26 Å². The van der Waals surface area contributed by atoms with Crippen molar-refractivity contribution in [2.24, 2.45) is 5.73 Å². The highest BCUT2D eigenvalue weighted by Gasteiger charge is 2.17. The summed E-state index contributed by atoms with van der Waals surface area (Å²) in [7, 11) is 0. The van der Waals surface area contributed by atoms with Gasteiger partial charge in [0, 0.05) is 18.4 Å². The van der Waals surface area contributed by atoms with E-state index >= 15 is 0 Å². The van der Waals surface area contributed by atoms with Gasteiger partial charge in [-0.1, -0.05) is 42.1 Å². The molecule has 1 aromatic heterocycles.